The molecule has 4 aliphatic heterocycles. The summed E-state index contributed by atoms with van der Waals surface area (Å²) in [5, 5.41) is 18.0. The average Bonchev–Trinajstić information content (AvgIpc) is 3.98. The zero-order valence-corrected chi connectivity index (χ0v) is 45.0. The molecule has 392 valence electrons. The van der Waals surface area contributed by atoms with Crippen molar-refractivity contribution in [3.8, 4) is 34.7 Å². The average molecular weight is 1020 g/mol. The minimum absolute atomic E-state index is 0.0223. The first-order chi connectivity index (χ1) is 36.4. The second-order valence-corrected chi connectivity index (χ2v) is 22.1. The fraction of sp³-hybridized carbons (Fsp3) is 0.410. The topological polar surface area (TPSA) is 195 Å². The number of rotatable bonds is 8. The van der Waals surface area contributed by atoms with Crippen molar-refractivity contribution in [3.05, 3.63) is 152 Å². The van der Waals surface area contributed by atoms with Crippen LogP contribution in [0.4, 0.5) is 4.79 Å². The fourth-order valence-electron chi connectivity index (χ4n) is 10.8. The van der Waals surface area contributed by atoms with Crippen molar-refractivity contribution in [2.45, 2.75) is 110 Å². The van der Waals surface area contributed by atoms with Gasteiger partial charge in [-0.1, -0.05) is 36.4 Å². The lowest BCUT2D eigenvalue weighted by Gasteiger charge is -2.39. The van der Waals surface area contributed by atoms with Crippen molar-refractivity contribution in [1.82, 2.24) is 39.5 Å². The molecule has 0 radical (unpaired) electrons. The van der Waals surface area contributed by atoms with Crippen molar-refractivity contribution < 1.29 is 23.9 Å². The van der Waals surface area contributed by atoms with Crippen molar-refractivity contribution in [3.63, 3.8) is 0 Å². The zero-order valence-electron chi connectivity index (χ0n) is 45.0. The number of nitrogens with zero attached hydrogens (tertiary/aromatic N) is 8. The van der Waals surface area contributed by atoms with E-state index in [1.807, 2.05) is 148 Å². The highest BCUT2D eigenvalue weighted by Crippen LogP contribution is 2.36. The number of amides is 4. The smallest absolute Gasteiger partial charge is 0.410 e. The molecule has 6 aromatic rings. The maximum absolute atomic E-state index is 13.3. The summed E-state index contributed by atoms with van der Waals surface area (Å²) in [4.78, 5) is 75.0. The van der Waals surface area contributed by atoms with Crippen LogP contribution in [0.5, 0.6) is 0 Å². The predicted molar refractivity (Wildman–Crippen MR) is 291 cm³/mol. The molecule has 0 atom stereocenters. The van der Waals surface area contributed by atoms with E-state index in [9.17, 15) is 19.2 Å². The van der Waals surface area contributed by atoms with Gasteiger partial charge in [0.25, 0.3) is 11.8 Å². The number of ether oxygens (including phenoxy) is 1. The lowest BCUT2D eigenvalue weighted by molar-refractivity contribution is -0.129. The van der Waals surface area contributed by atoms with E-state index < -0.39 is 5.60 Å². The van der Waals surface area contributed by atoms with Gasteiger partial charge in [-0.25, -0.2) is 14.8 Å². The first-order valence-electron chi connectivity index (χ1n) is 26.5. The number of likely N-dealkylation sites (tertiary alicyclic amines) is 4. The van der Waals surface area contributed by atoms with Gasteiger partial charge >= 0.3 is 6.09 Å². The van der Waals surface area contributed by atoms with Crippen molar-refractivity contribution in [2.75, 3.05) is 52.4 Å². The van der Waals surface area contributed by atoms with Crippen LogP contribution in [-0.4, -0.2) is 121 Å². The van der Waals surface area contributed by atoms with Crippen LogP contribution in [0, 0.1) is 50.4 Å². The third-order valence-corrected chi connectivity index (χ3v) is 15.5. The molecule has 0 saturated carbocycles. The minimum atomic E-state index is -0.503. The Bertz CT molecular complexity index is 3220. The summed E-state index contributed by atoms with van der Waals surface area (Å²) in [7, 11) is 0. The van der Waals surface area contributed by atoms with Crippen LogP contribution in [0.2, 0.25) is 0 Å². The SMILES string of the molecule is CC(=O)N1CCC(c2nc(-c3cc(C(=O)N4CC(c5ccc(C#N)cc5)C4)ccc3C)c(C)[nH]2)CC1.Cc1ccc(C(=O)N2CC(c3ccc(C#N)cc3)C2)cc1-c1nc(C2CCN(C(=O)OC(C)(C)C)CC2)[nH]c1C. The van der Waals surface area contributed by atoms with E-state index in [2.05, 4.69) is 22.1 Å². The summed E-state index contributed by atoms with van der Waals surface area (Å²) in [6.45, 7) is 20.9. The van der Waals surface area contributed by atoms with Crippen LogP contribution in [0.15, 0.2) is 84.9 Å². The molecule has 2 aromatic heterocycles. The number of carbonyl (C=O) groups is 4. The Labute approximate surface area is 445 Å². The van der Waals surface area contributed by atoms with E-state index in [0.29, 0.717) is 79.3 Å². The highest BCUT2D eigenvalue weighted by atomic mass is 16.6. The molecule has 10 rings (SSSR count). The van der Waals surface area contributed by atoms with Crippen LogP contribution in [0.25, 0.3) is 22.5 Å². The number of nitriles is 2. The first kappa shape index (κ1) is 52.8. The molecule has 0 aliphatic carbocycles. The summed E-state index contributed by atoms with van der Waals surface area (Å²) in [5.74, 6) is 3.22. The molecule has 15 heteroatoms. The van der Waals surface area contributed by atoms with Gasteiger partial charge in [0.2, 0.25) is 5.91 Å². The zero-order chi connectivity index (χ0) is 54.0. The van der Waals surface area contributed by atoms with Crippen molar-refractivity contribution in [1.29, 1.82) is 10.5 Å². The molecule has 76 heavy (non-hydrogen) atoms. The Balaban J connectivity index is 0.000000187. The van der Waals surface area contributed by atoms with E-state index in [-0.39, 0.29) is 29.7 Å². The predicted octanol–water partition coefficient (Wildman–Crippen LogP) is 10.5. The quantitative estimate of drug-likeness (QED) is 0.149. The number of carbonyl (C=O) groups excluding carboxylic acids is 4. The number of hydrogen-bond acceptors (Lipinski definition) is 9. The van der Waals surface area contributed by atoms with E-state index in [1.165, 1.54) is 0 Å². The van der Waals surface area contributed by atoms with Crippen molar-refractivity contribution >= 4 is 23.8 Å². The number of aryl methyl sites for hydroxylation is 4. The molecule has 4 saturated heterocycles. The molecule has 0 spiro atoms. The molecule has 0 bridgehead atoms. The lowest BCUT2D eigenvalue weighted by atomic mass is 9.90. The molecule has 4 aromatic carbocycles. The molecule has 6 heterocycles. The van der Waals surface area contributed by atoms with Gasteiger partial charge in [0.05, 0.1) is 34.7 Å². The van der Waals surface area contributed by atoms with Gasteiger partial charge in [0.15, 0.2) is 0 Å². The summed E-state index contributed by atoms with van der Waals surface area (Å²) < 4.78 is 5.53. The van der Waals surface area contributed by atoms with E-state index >= 15 is 0 Å². The molecule has 4 aliphatic rings. The number of imidazole rings is 2. The van der Waals surface area contributed by atoms with Crippen LogP contribution >= 0.6 is 0 Å². The lowest BCUT2D eigenvalue weighted by Crippen LogP contribution is -2.48. The Kier molecular flexibility index (Phi) is 15.3. The third kappa shape index (κ3) is 11.6. The molecule has 15 nitrogen and oxygen atoms in total. The monoisotopic (exact) mass is 1020 g/mol. The second-order valence-electron chi connectivity index (χ2n) is 22.1. The highest BCUT2D eigenvalue weighted by molar-refractivity contribution is 5.97. The van der Waals surface area contributed by atoms with Gasteiger partial charge in [0, 0.05) is 117 Å². The van der Waals surface area contributed by atoms with E-state index in [1.54, 1.807) is 11.8 Å². The molecule has 4 fully saturated rings. The van der Waals surface area contributed by atoms with Crippen LogP contribution in [0.1, 0.15) is 154 Å². The first-order valence-corrected chi connectivity index (χ1v) is 26.5. The second kappa shape index (κ2) is 22.0. The Morgan fingerprint density at radius 2 is 0.934 bits per heavy atom. The number of piperidine rings is 2. The summed E-state index contributed by atoms with van der Waals surface area (Å²) in [6.07, 6.45) is 3.18. The van der Waals surface area contributed by atoms with Gasteiger partial charge in [0.1, 0.15) is 17.2 Å². The van der Waals surface area contributed by atoms with Gasteiger partial charge in [-0.15, -0.1) is 0 Å². The van der Waals surface area contributed by atoms with Crippen molar-refractivity contribution in [2.24, 2.45) is 0 Å². The third-order valence-electron chi connectivity index (χ3n) is 15.5. The largest absolute Gasteiger partial charge is 0.444 e. The molecular formula is C61H68N10O5. The number of benzene rings is 4. The van der Waals surface area contributed by atoms with Gasteiger partial charge in [-0.2, -0.15) is 10.5 Å². The Morgan fingerprint density at radius 3 is 1.29 bits per heavy atom. The normalized spacial score (nSPS) is 16.4. The standard InChI is InChI=1S/C32H37N5O3.C29H31N5O2/c1-20-6-9-25(30(38)37-18-26(19-37)23-10-7-22(17-33)8-11-23)16-27(20)28-21(2)34-29(35-28)24-12-14-36(15-13-24)31(39)40-32(3,4)5;1-18-4-7-24(29(36)34-16-25(17-34)22-8-5-21(15-30)6-9-22)14-26(18)27-19(2)31-28(32-27)23-10-12-33(13-11-23)20(3)35/h6-11,16,24,26H,12-15,18-19H2,1-5H3,(H,34,35);4-9,14,23,25H,10-13,16-17H2,1-3H3,(H,31,32). The molecule has 4 amide bonds. The summed E-state index contributed by atoms with van der Waals surface area (Å²) in [6, 6.07) is 31.3. The number of nitrogens with one attached hydrogen (secondary N) is 2. The van der Waals surface area contributed by atoms with Crippen LogP contribution in [-0.2, 0) is 9.53 Å². The number of aromatic amines is 2. The summed E-state index contributed by atoms with van der Waals surface area (Å²) in [5.41, 5.74) is 12.3. The maximum atomic E-state index is 13.3. The maximum Gasteiger partial charge on any atom is 0.410 e. The minimum Gasteiger partial charge on any atom is -0.444 e. The number of hydrogen-bond donors (Lipinski definition) is 2. The molecular weight excluding hydrogens is 953 g/mol. The van der Waals surface area contributed by atoms with Gasteiger partial charge < -0.3 is 34.3 Å². The van der Waals surface area contributed by atoms with Gasteiger partial charge in [-0.3, -0.25) is 14.4 Å². The van der Waals surface area contributed by atoms with Crippen LogP contribution in [0.3, 0.4) is 0 Å². The van der Waals surface area contributed by atoms with Crippen LogP contribution < -0.4 is 0 Å². The van der Waals surface area contributed by atoms with E-state index in [4.69, 9.17) is 25.2 Å². The highest BCUT2D eigenvalue weighted by Gasteiger charge is 2.35. The van der Waals surface area contributed by atoms with E-state index in [0.717, 1.165) is 107 Å². The molecule has 2 N–H and O–H groups in total. The molecule has 0 unspecified atom stereocenters. The number of aromatic nitrogens is 4. The van der Waals surface area contributed by atoms with Gasteiger partial charge in [-0.05, 0) is 145 Å². The summed E-state index contributed by atoms with van der Waals surface area (Å²) >= 11 is 0. The Hall–Kier alpha value is -8.04. The fourth-order valence-corrected chi connectivity index (χ4v) is 10.8. The Morgan fingerprint density at radius 1 is 0.553 bits per heavy atom. The number of H-pyrrole nitrogens is 2.